The van der Waals surface area contributed by atoms with Crippen LogP contribution in [-0.4, -0.2) is 16.0 Å². The number of carbonyl (C=O) groups excluding carboxylic acids is 1. The number of anilines is 1. The first-order chi connectivity index (χ1) is 7.15. The number of thiazole rings is 1. The normalized spacial score (nSPS) is 10.3. The molecule has 0 saturated heterocycles. The Morgan fingerprint density at radius 1 is 1.53 bits per heavy atom. The highest BCUT2D eigenvalue weighted by atomic mass is 32.1. The topological polar surface area (TPSA) is 68.0 Å². The summed E-state index contributed by atoms with van der Waals surface area (Å²) >= 11 is 1.38. The Morgan fingerprint density at radius 3 is 2.87 bits per heavy atom. The predicted octanol–water partition coefficient (Wildman–Crippen LogP) is 2.00. The van der Waals surface area contributed by atoms with Crippen molar-refractivity contribution in [2.45, 2.75) is 13.8 Å². The summed E-state index contributed by atoms with van der Waals surface area (Å²) in [6.45, 7) is 3.60. The molecule has 6 heteroatoms. The first kappa shape index (κ1) is 9.85. The molecule has 0 saturated carbocycles. The van der Waals surface area contributed by atoms with Crippen LogP contribution < -0.4 is 5.32 Å². The van der Waals surface area contributed by atoms with Gasteiger partial charge in [-0.05, 0) is 13.8 Å². The average molecular weight is 223 g/mol. The lowest BCUT2D eigenvalue weighted by molar-refractivity contribution is 0.101. The molecule has 0 radical (unpaired) electrons. The van der Waals surface area contributed by atoms with Crippen LogP contribution in [0.4, 0.5) is 5.13 Å². The minimum Gasteiger partial charge on any atom is -0.361 e. The Hall–Kier alpha value is -1.69. The van der Waals surface area contributed by atoms with Gasteiger partial charge >= 0.3 is 0 Å². The van der Waals surface area contributed by atoms with E-state index in [1.54, 1.807) is 13.0 Å². The van der Waals surface area contributed by atoms with Crippen molar-refractivity contribution in [2.24, 2.45) is 0 Å². The van der Waals surface area contributed by atoms with Gasteiger partial charge in [-0.1, -0.05) is 5.16 Å². The third-order valence-corrected chi connectivity index (χ3v) is 2.58. The van der Waals surface area contributed by atoms with E-state index in [0.29, 0.717) is 10.9 Å². The van der Waals surface area contributed by atoms with Crippen LogP contribution in [0.2, 0.25) is 0 Å². The van der Waals surface area contributed by atoms with Gasteiger partial charge in [0.25, 0.3) is 5.91 Å². The monoisotopic (exact) mass is 223 g/mol. The van der Waals surface area contributed by atoms with Gasteiger partial charge in [-0.2, -0.15) is 0 Å². The molecule has 0 aromatic carbocycles. The van der Waals surface area contributed by atoms with E-state index in [1.165, 1.54) is 11.3 Å². The predicted molar refractivity (Wildman–Crippen MR) is 56.0 cm³/mol. The Bertz CT molecular complexity index is 489. The molecule has 5 nitrogen and oxygen atoms in total. The molecule has 0 aliphatic heterocycles. The molecule has 2 rings (SSSR count). The molecule has 0 aliphatic carbocycles. The number of aromatic nitrogens is 2. The Labute approximate surface area is 90.1 Å². The van der Waals surface area contributed by atoms with E-state index in [-0.39, 0.29) is 11.6 Å². The third-order valence-electron chi connectivity index (χ3n) is 1.70. The van der Waals surface area contributed by atoms with E-state index >= 15 is 0 Å². The van der Waals surface area contributed by atoms with Gasteiger partial charge in [0.1, 0.15) is 5.76 Å². The van der Waals surface area contributed by atoms with Gasteiger partial charge in [0.2, 0.25) is 0 Å². The van der Waals surface area contributed by atoms with Crippen LogP contribution in [0.25, 0.3) is 0 Å². The summed E-state index contributed by atoms with van der Waals surface area (Å²) in [5.41, 5.74) is 1.15. The van der Waals surface area contributed by atoms with Crippen LogP contribution >= 0.6 is 11.3 Å². The van der Waals surface area contributed by atoms with Crippen molar-refractivity contribution in [2.75, 3.05) is 5.32 Å². The Morgan fingerprint density at radius 2 is 2.33 bits per heavy atom. The SMILES string of the molecule is Cc1csc(NC(=O)c2cc(C)on2)n1. The van der Waals surface area contributed by atoms with Crippen LogP contribution in [0.1, 0.15) is 21.9 Å². The lowest BCUT2D eigenvalue weighted by Crippen LogP contribution is -2.11. The maximum Gasteiger partial charge on any atom is 0.279 e. The van der Waals surface area contributed by atoms with Crippen LogP contribution in [0.5, 0.6) is 0 Å². The molecule has 0 aliphatic rings. The van der Waals surface area contributed by atoms with Crippen molar-refractivity contribution in [1.29, 1.82) is 0 Å². The third kappa shape index (κ3) is 2.21. The second kappa shape index (κ2) is 3.82. The van der Waals surface area contributed by atoms with Crippen LogP contribution in [0, 0.1) is 13.8 Å². The quantitative estimate of drug-likeness (QED) is 0.845. The Kier molecular flexibility index (Phi) is 2.51. The highest BCUT2D eigenvalue weighted by Gasteiger charge is 2.12. The van der Waals surface area contributed by atoms with Gasteiger partial charge in [-0.25, -0.2) is 4.98 Å². The van der Waals surface area contributed by atoms with Gasteiger partial charge in [-0.3, -0.25) is 10.1 Å². The van der Waals surface area contributed by atoms with Gasteiger partial charge < -0.3 is 4.52 Å². The molecule has 2 aromatic rings. The minimum atomic E-state index is -0.304. The summed E-state index contributed by atoms with van der Waals surface area (Å²) in [6.07, 6.45) is 0. The van der Waals surface area contributed by atoms with E-state index in [1.807, 2.05) is 12.3 Å². The molecule has 15 heavy (non-hydrogen) atoms. The smallest absolute Gasteiger partial charge is 0.279 e. The zero-order valence-corrected chi connectivity index (χ0v) is 9.09. The Balaban J connectivity index is 2.10. The number of hydrogen-bond acceptors (Lipinski definition) is 5. The van der Waals surface area contributed by atoms with E-state index in [2.05, 4.69) is 15.5 Å². The largest absolute Gasteiger partial charge is 0.361 e. The molecule has 0 spiro atoms. The lowest BCUT2D eigenvalue weighted by Gasteiger charge is -1.95. The highest BCUT2D eigenvalue weighted by molar-refractivity contribution is 7.13. The fourth-order valence-corrected chi connectivity index (χ4v) is 1.73. The molecule has 0 atom stereocenters. The van der Waals surface area contributed by atoms with Gasteiger partial charge in [-0.15, -0.1) is 11.3 Å². The number of nitrogens with one attached hydrogen (secondary N) is 1. The lowest BCUT2D eigenvalue weighted by atomic mass is 10.4. The molecule has 0 bridgehead atoms. The maximum absolute atomic E-state index is 11.6. The van der Waals surface area contributed by atoms with Crippen molar-refractivity contribution < 1.29 is 9.32 Å². The second-order valence-electron chi connectivity index (χ2n) is 3.07. The number of aryl methyl sites for hydroxylation is 2. The molecule has 0 fully saturated rings. The number of nitrogens with zero attached hydrogens (tertiary/aromatic N) is 2. The number of carbonyl (C=O) groups is 1. The van der Waals surface area contributed by atoms with Crippen molar-refractivity contribution >= 4 is 22.4 Å². The van der Waals surface area contributed by atoms with Gasteiger partial charge in [0.05, 0.1) is 5.69 Å². The van der Waals surface area contributed by atoms with E-state index < -0.39 is 0 Å². The molecule has 1 amide bonds. The number of rotatable bonds is 2. The van der Waals surface area contributed by atoms with Crippen LogP contribution in [-0.2, 0) is 0 Å². The first-order valence-electron chi connectivity index (χ1n) is 4.32. The van der Waals surface area contributed by atoms with Gasteiger partial charge in [0, 0.05) is 11.4 Å². The highest BCUT2D eigenvalue weighted by Crippen LogP contribution is 2.15. The van der Waals surface area contributed by atoms with Crippen molar-refractivity contribution in [3.63, 3.8) is 0 Å². The standard InChI is InChI=1S/C9H9N3O2S/c1-5-4-15-9(10-5)11-8(13)7-3-6(2)14-12-7/h3-4H,1-2H3,(H,10,11,13). The molecule has 2 heterocycles. The second-order valence-corrected chi connectivity index (χ2v) is 3.93. The van der Waals surface area contributed by atoms with Crippen molar-refractivity contribution in [3.05, 3.63) is 28.6 Å². The van der Waals surface area contributed by atoms with Gasteiger partial charge in [0.15, 0.2) is 10.8 Å². The van der Waals surface area contributed by atoms with E-state index in [0.717, 1.165) is 5.69 Å². The summed E-state index contributed by atoms with van der Waals surface area (Å²) < 4.78 is 4.80. The van der Waals surface area contributed by atoms with Crippen molar-refractivity contribution in [3.8, 4) is 0 Å². The van der Waals surface area contributed by atoms with E-state index in [9.17, 15) is 4.79 Å². The first-order valence-corrected chi connectivity index (χ1v) is 5.20. The van der Waals surface area contributed by atoms with Crippen molar-refractivity contribution in [1.82, 2.24) is 10.1 Å². The van der Waals surface area contributed by atoms with Crippen LogP contribution in [0.3, 0.4) is 0 Å². The molecular weight excluding hydrogens is 214 g/mol. The fraction of sp³-hybridized carbons (Fsp3) is 0.222. The molecule has 2 aromatic heterocycles. The summed E-state index contributed by atoms with van der Waals surface area (Å²) in [5, 5.41) is 8.68. The molecule has 1 N–H and O–H groups in total. The molecule has 0 unspecified atom stereocenters. The maximum atomic E-state index is 11.6. The average Bonchev–Trinajstić information content (AvgIpc) is 2.75. The number of amides is 1. The molecular formula is C9H9N3O2S. The summed E-state index contributed by atoms with van der Waals surface area (Å²) in [5.74, 6) is 0.302. The summed E-state index contributed by atoms with van der Waals surface area (Å²) in [7, 11) is 0. The summed E-state index contributed by atoms with van der Waals surface area (Å²) in [4.78, 5) is 15.7. The van der Waals surface area contributed by atoms with E-state index in [4.69, 9.17) is 4.52 Å². The summed E-state index contributed by atoms with van der Waals surface area (Å²) in [6, 6.07) is 1.58. The zero-order chi connectivity index (χ0) is 10.8. The zero-order valence-electron chi connectivity index (χ0n) is 8.27. The fourth-order valence-electron chi connectivity index (χ4n) is 1.05. The molecule has 78 valence electrons. The number of hydrogen-bond donors (Lipinski definition) is 1. The minimum absolute atomic E-state index is 0.264. The van der Waals surface area contributed by atoms with Crippen LogP contribution in [0.15, 0.2) is 16.0 Å².